The van der Waals surface area contributed by atoms with Crippen LogP contribution < -0.4 is 5.32 Å². The van der Waals surface area contributed by atoms with Crippen molar-refractivity contribution in [1.82, 2.24) is 15.1 Å². The number of hydrogen-bond donors (Lipinski definition) is 1. The lowest BCUT2D eigenvalue weighted by molar-refractivity contribution is 0.0952. The first-order chi connectivity index (χ1) is 9.00. The van der Waals surface area contributed by atoms with Gasteiger partial charge in [0.1, 0.15) is 5.76 Å². The van der Waals surface area contributed by atoms with Crippen molar-refractivity contribution in [2.24, 2.45) is 7.05 Å². The zero-order chi connectivity index (χ0) is 14.0. The molecule has 102 valence electrons. The molecule has 0 bridgehead atoms. The Hall–Kier alpha value is -2.04. The molecule has 0 radical (unpaired) electrons. The average Bonchev–Trinajstić information content (AvgIpc) is 2.88. The first-order valence-electron chi connectivity index (χ1n) is 6.32. The summed E-state index contributed by atoms with van der Waals surface area (Å²) in [5.41, 5.74) is 3.96. The summed E-state index contributed by atoms with van der Waals surface area (Å²) in [5.74, 6) is 0.552. The van der Waals surface area contributed by atoms with Gasteiger partial charge in [-0.15, -0.1) is 0 Å². The van der Waals surface area contributed by atoms with Crippen LogP contribution in [0.1, 0.15) is 33.1 Å². The number of amides is 1. The molecule has 0 saturated carbocycles. The predicted octanol–water partition coefficient (Wildman–Crippen LogP) is 1.91. The minimum atomic E-state index is -0.0922. The van der Waals surface area contributed by atoms with E-state index in [9.17, 15) is 4.79 Å². The quantitative estimate of drug-likeness (QED) is 0.914. The van der Waals surface area contributed by atoms with Crippen LogP contribution in [-0.2, 0) is 13.5 Å². The molecular weight excluding hydrogens is 242 g/mol. The number of furan rings is 1. The van der Waals surface area contributed by atoms with Gasteiger partial charge in [-0.1, -0.05) is 0 Å². The molecule has 2 heterocycles. The molecule has 0 spiro atoms. The summed E-state index contributed by atoms with van der Waals surface area (Å²) in [6.07, 6.45) is 2.31. The molecule has 0 aliphatic heterocycles. The number of carbonyl (C=O) groups is 1. The van der Waals surface area contributed by atoms with Gasteiger partial charge in [0.2, 0.25) is 0 Å². The Bertz CT molecular complexity index is 596. The Labute approximate surface area is 112 Å². The molecule has 2 rings (SSSR count). The van der Waals surface area contributed by atoms with Crippen molar-refractivity contribution in [3.8, 4) is 0 Å². The maximum absolute atomic E-state index is 11.9. The number of nitrogens with zero attached hydrogens (tertiary/aromatic N) is 2. The van der Waals surface area contributed by atoms with Crippen LogP contribution in [0.15, 0.2) is 16.7 Å². The van der Waals surface area contributed by atoms with Crippen LogP contribution in [0.25, 0.3) is 0 Å². The van der Waals surface area contributed by atoms with E-state index in [-0.39, 0.29) is 5.91 Å². The molecule has 2 aromatic heterocycles. The maximum Gasteiger partial charge on any atom is 0.254 e. The highest BCUT2D eigenvalue weighted by molar-refractivity contribution is 5.95. The van der Waals surface area contributed by atoms with E-state index < -0.39 is 0 Å². The number of rotatable bonds is 4. The average molecular weight is 261 g/mol. The largest absolute Gasteiger partial charge is 0.469 e. The molecule has 0 fully saturated rings. The van der Waals surface area contributed by atoms with Crippen molar-refractivity contribution in [2.75, 3.05) is 6.54 Å². The van der Waals surface area contributed by atoms with Crippen molar-refractivity contribution >= 4 is 5.91 Å². The van der Waals surface area contributed by atoms with Gasteiger partial charge < -0.3 is 9.73 Å². The molecule has 0 aliphatic rings. The van der Waals surface area contributed by atoms with Crippen LogP contribution in [0, 0.1) is 20.8 Å². The molecule has 0 aromatic carbocycles. The van der Waals surface area contributed by atoms with Crippen LogP contribution in [0.4, 0.5) is 0 Å². The third kappa shape index (κ3) is 2.70. The number of hydrogen-bond acceptors (Lipinski definition) is 3. The van der Waals surface area contributed by atoms with Gasteiger partial charge in [-0.3, -0.25) is 9.48 Å². The van der Waals surface area contributed by atoms with E-state index in [0.29, 0.717) is 17.9 Å². The number of nitrogens with one attached hydrogen (secondary N) is 1. The van der Waals surface area contributed by atoms with Gasteiger partial charge in [-0.25, -0.2) is 0 Å². The van der Waals surface area contributed by atoms with Gasteiger partial charge in [-0.2, -0.15) is 5.10 Å². The van der Waals surface area contributed by atoms with Crippen molar-refractivity contribution in [3.05, 3.63) is 40.6 Å². The van der Waals surface area contributed by atoms with E-state index in [0.717, 1.165) is 17.8 Å². The zero-order valence-corrected chi connectivity index (χ0v) is 11.8. The second kappa shape index (κ2) is 5.30. The fraction of sp³-hybridized carbons (Fsp3) is 0.429. The first-order valence-corrected chi connectivity index (χ1v) is 6.32. The zero-order valence-electron chi connectivity index (χ0n) is 11.8. The second-order valence-electron chi connectivity index (χ2n) is 4.67. The molecule has 5 heteroatoms. The summed E-state index contributed by atoms with van der Waals surface area (Å²) < 4.78 is 6.99. The SMILES string of the molecule is Cc1nn(C)c(C)c1CCNC(=O)c1ccoc1C. The molecule has 19 heavy (non-hydrogen) atoms. The normalized spacial score (nSPS) is 10.7. The van der Waals surface area contributed by atoms with Gasteiger partial charge in [0.05, 0.1) is 17.5 Å². The molecule has 0 saturated heterocycles. The molecule has 0 aliphatic carbocycles. The van der Waals surface area contributed by atoms with Gasteiger partial charge in [0, 0.05) is 19.3 Å². The smallest absolute Gasteiger partial charge is 0.254 e. The number of aromatic nitrogens is 2. The van der Waals surface area contributed by atoms with Crippen LogP contribution in [0.3, 0.4) is 0 Å². The Morgan fingerprint density at radius 3 is 2.68 bits per heavy atom. The predicted molar refractivity (Wildman–Crippen MR) is 72.2 cm³/mol. The minimum absolute atomic E-state index is 0.0922. The summed E-state index contributed by atoms with van der Waals surface area (Å²) in [7, 11) is 1.93. The standard InChI is InChI=1S/C14H19N3O2/c1-9-12(10(2)17(4)16-9)5-7-15-14(18)13-6-8-19-11(13)3/h6,8H,5,7H2,1-4H3,(H,15,18). The van der Waals surface area contributed by atoms with Crippen LogP contribution in [0.5, 0.6) is 0 Å². The topological polar surface area (TPSA) is 60.1 Å². The van der Waals surface area contributed by atoms with E-state index in [1.54, 1.807) is 13.0 Å². The Morgan fingerprint density at radius 2 is 2.16 bits per heavy atom. The molecule has 5 nitrogen and oxygen atoms in total. The first kappa shape index (κ1) is 13.4. The highest BCUT2D eigenvalue weighted by Crippen LogP contribution is 2.12. The highest BCUT2D eigenvalue weighted by Gasteiger charge is 2.12. The number of carbonyl (C=O) groups excluding carboxylic acids is 1. The van der Waals surface area contributed by atoms with Crippen LogP contribution in [-0.4, -0.2) is 22.2 Å². The van der Waals surface area contributed by atoms with Crippen molar-refractivity contribution in [2.45, 2.75) is 27.2 Å². The summed E-state index contributed by atoms with van der Waals surface area (Å²) in [6.45, 7) is 6.41. The highest BCUT2D eigenvalue weighted by atomic mass is 16.3. The van der Waals surface area contributed by atoms with Gasteiger partial charge >= 0.3 is 0 Å². The fourth-order valence-electron chi connectivity index (χ4n) is 2.20. The molecule has 2 aromatic rings. The molecule has 1 N–H and O–H groups in total. The van der Waals surface area contributed by atoms with Gasteiger partial charge in [-0.05, 0) is 38.8 Å². The van der Waals surface area contributed by atoms with E-state index in [4.69, 9.17) is 4.42 Å². The van der Waals surface area contributed by atoms with Crippen molar-refractivity contribution in [1.29, 1.82) is 0 Å². The maximum atomic E-state index is 11.9. The van der Waals surface area contributed by atoms with Crippen molar-refractivity contribution < 1.29 is 9.21 Å². The van der Waals surface area contributed by atoms with Gasteiger partial charge in [0.15, 0.2) is 0 Å². The van der Waals surface area contributed by atoms with Crippen LogP contribution >= 0.6 is 0 Å². The monoisotopic (exact) mass is 261 g/mol. The van der Waals surface area contributed by atoms with Crippen LogP contribution in [0.2, 0.25) is 0 Å². The summed E-state index contributed by atoms with van der Waals surface area (Å²) in [5, 5.41) is 7.26. The third-order valence-corrected chi connectivity index (χ3v) is 3.42. The Morgan fingerprint density at radius 1 is 1.42 bits per heavy atom. The lowest BCUT2D eigenvalue weighted by Crippen LogP contribution is -2.26. The van der Waals surface area contributed by atoms with E-state index in [1.165, 1.54) is 11.8 Å². The molecule has 1 amide bonds. The number of aryl methyl sites for hydroxylation is 3. The molecule has 0 atom stereocenters. The fourth-order valence-corrected chi connectivity index (χ4v) is 2.20. The Balaban J connectivity index is 1.94. The summed E-state index contributed by atoms with van der Waals surface area (Å²) >= 11 is 0. The molecular formula is C14H19N3O2. The third-order valence-electron chi connectivity index (χ3n) is 3.42. The lowest BCUT2D eigenvalue weighted by Gasteiger charge is -2.05. The summed E-state index contributed by atoms with van der Waals surface area (Å²) in [6, 6.07) is 1.69. The van der Waals surface area contributed by atoms with E-state index in [1.807, 2.05) is 25.6 Å². The summed E-state index contributed by atoms with van der Waals surface area (Å²) in [4.78, 5) is 11.9. The van der Waals surface area contributed by atoms with E-state index in [2.05, 4.69) is 10.4 Å². The second-order valence-corrected chi connectivity index (χ2v) is 4.67. The molecule has 0 unspecified atom stereocenters. The van der Waals surface area contributed by atoms with E-state index >= 15 is 0 Å². The lowest BCUT2D eigenvalue weighted by atomic mass is 10.1. The minimum Gasteiger partial charge on any atom is -0.469 e. The Kier molecular flexibility index (Phi) is 3.74. The van der Waals surface area contributed by atoms with Gasteiger partial charge in [0.25, 0.3) is 5.91 Å². The van der Waals surface area contributed by atoms with Crippen molar-refractivity contribution in [3.63, 3.8) is 0 Å².